The second-order valence-electron chi connectivity index (χ2n) is 2.24. The van der Waals surface area contributed by atoms with Crippen molar-refractivity contribution in [3.05, 3.63) is 11.8 Å². The Morgan fingerprint density at radius 1 is 1.80 bits per heavy atom. The third kappa shape index (κ3) is 1.27. The third-order valence-electron chi connectivity index (χ3n) is 1.50. The number of allylic oxidation sites excluding steroid dienone is 2. The van der Waals surface area contributed by atoms with Crippen LogP contribution in [-0.2, 0) is 0 Å². The highest BCUT2D eigenvalue weighted by atomic mass is 16.5. The van der Waals surface area contributed by atoms with Crippen LogP contribution in [0.25, 0.3) is 0 Å². The van der Waals surface area contributed by atoms with Gasteiger partial charge in [0.05, 0.1) is 0 Å². The molecular formula is C6H10N2O2. The molecule has 0 atom stereocenters. The quantitative estimate of drug-likeness (QED) is 0.420. The SMILES string of the molecule is NC(=O)N(O)C1=CCCC1. The number of hydrogen-bond acceptors (Lipinski definition) is 2. The molecule has 1 rings (SSSR count). The smallest absolute Gasteiger partial charge is 0.343 e. The summed E-state index contributed by atoms with van der Waals surface area (Å²) < 4.78 is 0. The van der Waals surface area contributed by atoms with E-state index in [0.717, 1.165) is 19.3 Å². The van der Waals surface area contributed by atoms with Gasteiger partial charge in [-0.05, 0) is 19.3 Å². The van der Waals surface area contributed by atoms with E-state index in [2.05, 4.69) is 0 Å². The maximum atomic E-state index is 10.3. The fourth-order valence-electron chi connectivity index (χ4n) is 0.988. The van der Waals surface area contributed by atoms with Crippen LogP contribution >= 0.6 is 0 Å². The van der Waals surface area contributed by atoms with Crippen molar-refractivity contribution in [2.24, 2.45) is 5.73 Å². The predicted molar refractivity (Wildman–Crippen MR) is 35.1 cm³/mol. The highest BCUT2D eigenvalue weighted by Crippen LogP contribution is 2.19. The molecule has 0 saturated heterocycles. The summed E-state index contributed by atoms with van der Waals surface area (Å²) in [5.74, 6) is 0. The fourth-order valence-corrected chi connectivity index (χ4v) is 0.988. The third-order valence-corrected chi connectivity index (χ3v) is 1.50. The lowest BCUT2D eigenvalue weighted by Gasteiger charge is -2.11. The van der Waals surface area contributed by atoms with Gasteiger partial charge in [0.2, 0.25) is 0 Å². The molecule has 0 aromatic carbocycles. The Hall–Kier alpha value is -1.03. The normalized spacial score (nSPS) is 16.7. The van der Waals surface area contributed by atoms with Crippen molar-refractivity contribution in [2.45, 2.75) is 19.3 Å². The first kappa shape index (κ1) is 7.08. The van der Waals surface area contributed by atoms with Gasteiger partial charge in [-0.3, -0.25) is 5.21 Å². The molecule has 0 aromatic heterocycles. The van der Waals surface area contributed by atoms with Crippen LogP contribution in [0.5, 0.6) is 0 Å². The van der Waals surface area contributed by atoms with Gasteiger partial charge >= 0.3 is 6.03 Å². The topological polar surface area (TPSA) is 66.6 Å². The molecule has 1 aliphatic rings. The molecule has 1 aliphatic carbocycles. The molecule has 4 nitrogen and oxygen atoms in total. The van der Waals surface area contributed by atoms with E-state index in [1.807, 2.05) is 6.08 Å². The Morgan fingerprint density at radius 2 is 2.50 bits per heavy atom. The second-order valence-corrected chi connectivity index (χ2v) is 2.24. The van der Waals surface area contributed by atoms with Crippen LogP contribution in [0.3, 0.4) is 0 Å². The van der Waals surface area contributed by atoms with Crippen LogP contribution in [0.15, 0.2) is 11.8 Å². The molecule has 0 aliphatic heterocycles. The van der Waals surface area contributed by atoms with E-state index in [1.54, 1.807) is 0 Å². The van der Waals surface area contributed by atoms with Crippen LogP contribution in [0, 0.1) is 0 Å². The van der Waals surface area contributed by atoms with Crippen molar-refractivity contribution >= 4 is 6.03 Å². The lowest BCUT2D eigenvalue weighted by molar-refractivity contribution is -0.00792. The molecule has 0 saturated carbocycles. The largest absolute Gasteiger partial charge is 0.349 e. The molecule has 56 valence electrons. The molecule has 0 fully saturated rings. The van der Waals surface area contributed by atoms with Gasteiger partial charge in [-0.15, -0.1) is 0 Å². The lowest BCUT2D eigenvalue weighted by atomic mass is 10.3. The minimum Gasteiger partial charge on any atom is -0.349 e. The summed E-state index contributed by atoms with van der Waals surface area (Å²) >= 11 is 0. The summed E-state index contributed by atoms with van der Waals surface area (Å²) in [6, 6.07) is -0.812. The fraction of sp³-hybridized carbons (Fsp3) is 0.500. The van der Waals surface area contributed by atoms with E-state index >= 15 is 0 Å². The maximum absolute atomic E-state index is 10.3. The van der Waals surface area contributed by atoms with E-state index in [9.17, 15) is 4.79 Å². The van der Waals surface area contributed by atoms with Crippen molar-refractivity contribution in [1.82, 2.24) is 5.06 Å². The first-order valence-electron chi connectivity index (χ1n) is 3.19. The van der Waals surface area contributed by atoms with Crippen LogP contribution in [0.2, 0.25) is 0 Å². The Morgan fingerprint density at radius 3 is 2.90 bits per heavy atom. The standard InChI is InChI=1S/C6H10N2O2/c7-6(9)8(10)5-3-1-2-4-5/h3,10H,1-2,4H2,(H2,7,9). The number of carbonyl (C=O) groups is 1. The molecule has 4 heteroatoms. The van der Waals surface area contributed by atoms with Crippen molar-refractivity contribution in [3.8, 4) is 0 Å². The zero-order valence-electron chi connectivity index (χ0n) is 5.58. The molecule has 0 heterocycles. The van der Waals surface area contributed by atoms with E-state index in [1.165, 1.54) is 0 Å². The van der Waals surface area contributed by atoms with Gasteiger partial charge in [0, 0.05) is 5.70 Å². The number of nitrogens with zero attached hydrogens (tertiary/aromatic N) is 1. The summed E-state index contributed by atoms with van der Waals surface area (Å²) in [7, 11) is 0. The highest BCUT2D eigenvalue weighted by Gasteiger charge is 2.14. The van der Waals surface area contributed by atoms with Crippen molar-refractivity contribution in [2.75, 3.05) is 0 Å². The van der Waals surface area contributed by atoms with Crippen LogP contribution in [0.1, 0.15) is 19.3 Å². The Bertz CT molecular complexity index is 177. The number of urea groups is 1. The lowest BCUT2D eigenvalue weighted by Crippen LogP contribution is -2.31. The highest BCUT2D eigenvalue weighted by molar-refractivity contribution is 5.72. The molecule has 0 bridgehead atoms. The van der Waals surface area contributed by atoms with Gasteiger partial charge in [-0.2, -0.15) is 5.06 Å². The average molecular weight is 142 g/mol. The van der Waals surface area contributed by atoms with Gasteiger partial charge in [-0.1, -0.05) is 6.08 Å². The molecule has 2 amide bonds. The number of rotatable bonds is 1. The van der Waals surface area contributed by atoms with Gasteiger partial charge in [0.25, 0.3) is 0 Å². The first-order chi connectivity index (χ1) is 4.72. The van der Waals surface area contributed by atoms with E-state index < -0.39 is 6.03 Å². The van der Waals surface area contributed by atoms with Crippen molar-refractivity contribution < 1.29 is 10.0 Å². The molecular weight excluding hydrogens is 132 g/mol. The summed E-state index contributed by atoms with van der Waals surface area (Å²) in [5, 5.41) is 9.42. The molecule has 3 N–H and O–H groups in total. The Balaban J connectivity index is 2.55. The number of amides is 2. The summed E-state index contributed by atoms with van der Waals surface area (Å²) in [5.41, 5.74) is 5.43. The average Bonchev–Trinajstić information content (AvgIpc) is 2.36. The summed E-state index contributed by atoms with van der Waals surface area (Å²) in [6.07, 6.45) is 4.45. The summed E-state index contributed by atoms with van der Waals surface area (Å²) in [6.45, 7) is 0. The van der Waals surface area contributed by atoms with E-state index in [0.29, 0.717) is 10.8 Å². The van der Waals surface area contributed by atoms with Gasteiger partial charge in [-0.25, -0.2) is 4.79 Å². The predicted octanol–water partition coefficient (Wildman–Crippen LogP) is 0.824. The first-order valence-corrected chi connectivity index (χ1v) is 3.19. The van der Waals surface area contributed by atoms with Gasteiger partial charge in [0.15, 0.2) is 0 Å². The number of nitrogens with two attached hydrogens (primary N) is 1. The van der Waals surface area contributed by atoms with Crippen molar-refractivity contribution in [3.63, 3.8) is 0 Å². The minimum atomic E-state index is -0.812. The van der Waals surface area contributed by atoms with Crippen LogP contribution < -0.4 is 5.73 Å². The molecule has 0 radical (unpaired) electrons. The monoisotopic (exact) mass is 142 g/mol. The van der Waals surface area contributed by atoms with Gasteiger partial charge in [0.1, 0.15) is 0 Å². The van der Waals surface area contributed by atoms with Crippen LogP contribution in [0.4, 0.5) is 4.79 Å². The van der Waals surface area contributed by atoms with Crippen LogP contribution in [-0.4, -0.2) is 16.3 Å². The zero-order chi connectivity index (χ0) is 7.56. The van der Waals surface area contributed by atoms with Crippen molar-refractivity contribution in [1.29, 1.82) is 0 Å². The number of carbonyl (C=O) groups excluding carboxylic acids is 1. The van der Waals surface area contributed by atoms with E-state index in [-0.39, 0.29) is 0 Å². The zero-order valence-corrected chi connectivity index (χ0v) is 5.58. The Kier molecular flexibility index (Phi) is 1.91. The molecule has 10 heavy (non-hydrogen) atoms. The molecule has 0 spiro atoms. The number of hydrogen-bond donors (Lipinski definition) is 2. The molecule has 0 unspecified atom stereocenters. The Labute approximate surface area is 58.9 Å². The maximum Gasteiger partial charge on any atom is 0.343 e. The van der Waals surface area contributed by atoms with E-state index in [4.69, 9.17) is 10.9 Å². The van der Waals surface area contributed by atoms with Gasteiger partial charge < -0.3 is 5.73 Å². The number of hydroxylamine groups is 2. The number of primary amides is 1. The minimum absolute atomic E-state index is 0.507. The molecule has 0 aromatic rings. The second kappa shape index (κ2) is 2.70. The summed E-state index contributed by atoms with van der Waals surface area (Å²) in [4.78, 5) is 10.3.